The molecule has 0 aliphatic heterocycles. The van der Waals surface area contributed by atoms with Gasteiger partial charge in [0, 0.05) is 6.54 Å². The third-order valence-electron chi connectivity index (χ3n) is 3.85. The van der Waals surface area contributed by atoms with Gasteiger partial charge in [0.15, 0.2) is 0 Å². The van der Waals surface area contributed by atoms with Crippen molar-refractivity contribution in [3.8, 4) is 0 Å². The molecule has 2 N–H and O–H groups in total. The summed E-state index contributed by atoms with van der Waals surface area (Å²) in [6.45, 7) is 4.86. The predicted molar refractivity (Wildman–Crippen MR) is 93.6 cm³/mol. The lowest BCUT2D eigenvalue weighted by Crippen LogP contribution is -3.00. The highest BCUT2D eigenvalue weighted by Crippen LogP contribution is 2.10. The lowest BCUT2D eigenvalue weighted by atomic mass is 10.1. The van der Waals surface area contributed by atoms with E-state index in [9.17, 15) is 5.11 Å². The molecule has 0 aromatic carbocycles. The van der Waals surface area contributed by atoms with Crippen molar-refractivity contribution < 1.29 is 22.0 Å². The number of quaternary nitrogens is 1. The molecule has 136 valence electrons. The van der Waals surface area contributed by atoms with Gasteiger partial charge < -0.3 is 27.3 Å². The second kappa shape index (κ2) is 16.0. The van der Waals surface area contributed by atoms with Crippen LogP contribution >= 0.6 is 0 Å². The molecule has 4 heteroatoms. The number of rotatable bonds is 15. The van der Waals surface area contributed by atoms with Crippen LogP contribution in [0.3, 0.4) is 0 Å². The van der Waals surface area contributed by atoms with Gasteiger partial charge in [-0.25, -0.2) is 0 Å². The number of aliphatic hydroxyl groups excluding tert-OH is 1. The van der Waals surface area contributed by atoms with E-state index in [0.29, 0.717) is 0 Å². The van der Waals surface area contributed by atoms with E-state index in [0.717, 1.165) is 24.1 Å². The topological polar surface area (TPSA) is 32.3 Å². The zero-order valence-corrected chi connectivity index (χ0v) is 16.3. The first-order valence-electron chi connectivity index (χ1n) is 9.15. The maximum atomic E-state index is 9.87. The molecule has 0 amide bonds. The molecule has 0 bridgehead atoms. The Labute approximate surface area is 145 Å². The molecule has 0 aliphatic carbocycles. The summed E-state index contributed by atoms with van der Waals surface area (Å²) in [6.07, 6.45) is 13.6. The molecule has 22 heavy (non-hydrogen) atoms. The molecule has 0 saturated heterocycles. The monoisotopic (exact) mass is 336 g/mol. The van der Waals surface area contributed by atoms with Crippen LogP contribution in [0.15, 0.2) is 0 Å². The number of likely N-dealkylation sites (N-methyl/N-ethyl adjacent to an activating group) is 1. The zero-order valence-electron chi connectivity index (χ0n) is 15.5. The molecule has 0 heterocycles. The van der Waals surface area contributed by atoms with Crippen molar-refractivity contribution in [2.24, 2.45) is 0 Å². The van der Waals surface area contributed by atoms with E-state index >= 15 is 0 Å². The minimum absolute atomic E-state index is 0. The Bertz CT molecular complexity index is 220. The summed E-state index contributed by atoms with van der Waals surface area (Å²) in [5, 5.41) is 13.2. The van der Waals surface area contributed by atoms with Crippen LogP contribution in [0.1, 0.15) is 71.1 Å². The third kappa shape index (κ3) is 20.2. The summed E-state index contributed by atoms with van der Waals surface area (Å²) in [5.74, 6) is 0. The van der Waals surface area contributed by atoms with Gasteiger partial charge in [0.25, 0.3) is 0 Å². The molecule has 3 nitrogen and oxygen atoms in total. The van der Waals surface area contributed by atoms with Crippen LogP contribution < -0.4 is 17.7 Å². The van der Waals surface area contributed by atoms with E-state index in [1.165, 1.54) is 64.2 Å². The molecular formula is C18H41ClN2O. The Morgan fingerprint density at radius 2 is 1.27 bits per heavy atom. The van der Waals surface area contributed by atoms with Crippen LogP contribution in [0.5, 0.6) is 0 Å². The Morgan fingerprint density at radius 3 is 1.73 bits per heavy atom. The standard InChI is InChI=1S/C18H41N2O.ClH/c1-5-6-7-8-9-10-11-12-13-14-15-19-16-18(21)17-20(2,3)4;/h18-19,21H,5-17H2,1-4H3;1H/q+1;/p-1. The van der Waals surface area contributed by atoms with Crippen LogP contribution in [0.2, 0.25) is 0 Å². The van der Waals surface area contributed by atoms with E-state index in [4.69, 9.17) is 0 Å². The Morgan fingerprint density at radius 1 is 0.818 bits per heavy atom. The highest BCUT2D eigenvalue weighted by atomic mass is 35.5. The van der Waals surface area contributed by atoms with E-state index in [1.54, 1.807) is 0 Å². The first-order valence-corrected chi connectivity index (χ1v) is 9.15. The van der Waals surface area contributed by atoms with Crippen molar-refractivity contribution in [1.29, 1.82) is 0 Å². The summed E-state index contributed by atoms with van der Waals surface area (Å²) >= 11 is 0. The van der Waals surface area contributed by atoms with Gasteiger partial charge >= 0.3 is 0 Å². The summed E-state index contributed by atoms with van der Waals surface area (Å²) in [7, 11) is 6.35. The van der Waals surface area contributed by atoms with Crippen molar-refractivity contribution >= 4 is 0 Å². The molecule has 1 atom stereocenters. The van der Waals surface area contributed by atoms with Gasteiger partial charge in [0.1, 0.15) is 12.6 Å². The number of nitrogens with zero attached hydrogens (tertiary/aromatic N) is 1. The normalized spacial score (nSPS) is 13.0. The van der Waals surface area contributed by atoms with Crippen LogP contribution in [-0.4, -0.2) is 56.5 Å². The molecule has 0 aromatic rings. The van der Waals surface area contributed by atoms with Crippen LogP contribution in [0.25, 0.3) is 0 Å². The van der Waals surface area contributed by atoms with Gasteiger partial charge in [-0.3, -0.25) is 0 Å². The molecule has 0 aromatic heterocycles. The van der Waals surface area contributed by atoms with Crippen molar-refractivity contribution in [2.45, 2.75) is 77.2 Å². The van der Waals surface area contributed by atoms with E-state index in [1.807, 2.05) is 0 Å². The molecule has 0 aliphatic rings. The van der Waals surface area contributed by atoms with Crippen molar-refractivity contribution in [3.63, 3.8) is 0 Å². The van der Waals surface area contributed by atoms with Gasteiger partial charge in [0.05, 0.1) is 21.1 Å². The molecule has 1 unspecified atom stereocenters. The lowest BCUT2D eigenvalue weighted by molar-refractivity contribution is -0.873. The lowest BCUT2D eigenvalue weighted by Gasteiger charge is -2.26. The first kappa shape index (κ1) is 24.4. The zero-order chi connectivity index (χ0) is 16.0. The number of unbranched alkanes of at least 4 members (excludes halogenated alkanes) is 9. The number of nitrogens with one attached hydrogen (secondary N) is 1. The Hall–Kier alpha value is 0.170. The van der Waals surface area contributed by atoms with Crippen LogP contribution in [-0.2, 0) is 0 Å². The predicted octanol–water partition coefficient (Wildman–Crippen LogP) is 0.568. The fourth-order valence-corrected chi connectivity index (χ4v) is 2.70. The van der Waals surface area contributed by atoms with Gasteiger partial charge in [-0.1, -0.05) is 64.7 Å². The third-order valence-corrected chi connectivity index (χ3v) is 3.85. The van der Waals surface area contributed by atoms with E-state index in [2.05, 4.69) is 33.4 Å². The minimum Gasteiger partial charge on any atom is -1.00 e. The van der Waals surface area contributed by atoms with Crippen LogP contribution in [0, 0.1) is 0 Å². The largest absolute Gasteiger partial charge is 1.00 e. The van der Waals surface area contributed by atoms with Crippen molar-refractivity contribution in [3.05, 3.63) is 0 Å². The molecule has 0 rings (SSSR count). The molecule has 0 saturated carbocycles. The Balaban J connectivity index is 0. The average molecular weight is 337 g/mol. The van der Waals surface area contributed by atoms with Crippen LogP contribution in [0.4, 0.5) is 0 Å². The van der Waals surface area contributed by atoms with Gasteiger partial charge in [-0.2, -0.15) is 0 Å². The number of aliphatic hydroxyl groups is 1. The first-order chi connectivity index (χ1) is 9.95. The summed E-state index contributed by atoms with van der Waals surface area (Å²) in [4.78, 5) is 0. The number of halogens is 1. The summed E-state index contributed by atoms with van der Waals surface area (Å²) in [5.41, 5.74) is 0. The second-order valence-electron chi connectivity index (χ2n) is 7.51. The van der Waals surface area contributed by atoms with E-state index in [-0.39, 0.29) is 18.5 Å². The SMILES string of the molecule is CCCCCCCCCCCCNCC(O)C[N+](C)(C)C.[Cl-]. The molecular weight excluding hydrogens is 296 g/mol. The summed E-state index contributed by atoms with van der Waals surface area (Å²) in [6, 6.07) is 0. The molecule has 0 radical (unpaired) electrons. The summed E-state index contributed by atoms with van der Waals surface area (Å²) < 4.78 is 0.821. The highest BCUT2D eigenvalue weighted by Gasteiger charge is 2.14. The van der Waals surface area contributed by atoms with E-state index < -0.39 is 0 Å². The smallest absolute Gasteiger partial charge is 0.115 e. The van der Waals surface area contributed by atoms with Crippen molar-refractivity contribution in [2.75, 3.05) is 40.8 Å². The fourth-order valence-electron chi connectivity index (χ4n) is 2.70. The second-order valence-corrected chi connectivity index (χ2v) is 7.51. The van der Waals surface area contributed by atoms with Gasteiger partial charge in [-0.15, -0.1) is 0 Å². The quantitative estimate of drug-likeness (QED) is 0.338. The maximum absolute atomic E-state index is 9.87. The molecule has 0 spiro atoms. The fraction of sp³-hybridized carbons (Fsp3) is 1.00. The van der Waals surface area contributed by atoms with Crippen molar-refractivity contribution in [1.82, 2.24) is 5.32 Å². The van der Waals surface area contributed by atoms with Gasteiger partial charge in [0.2, 0.25) is 0 Å². The average Bonchev–Trinajstić information content (AvgIpc) is 2.38. The highest BCUT2D eigenvalue weighted by molar-refractivity contribution is 4.58. The van der Waals surface area contributed by atoms with Gasteiger partial charge in [-0.05, 0) is 13.0 Å². The Kier molecular flexibility index (Phi) is 17.8. The number of hydrogen-bond donors (Lipinski definition) is 2. The molecule has 0 fully saturated rings. The minimum atomic E-state index is -0.229. The number of hydrogen-bond acceptors (Lipinski definition) is 2. The maximum Gasteiger partial charge on any atom is 0.115 e.